The normalized spacial score (nSPS) is 17.9. The summed E-state index contributed by atoms with van der Waals surface area (Å²) in [4.78, 5) is 0. The predicted molar refractivity (Wildman–Crippen MR) is 64.7 cm³/mol. The van der Waals surface area contributed by atoms with Crippen LogP contribution >= 0.6 is 15.9 Å². The Morgan fingerprint density at radius 3 is 2.64 bits per heavy atom. The second kappa shape index (κ2) is 3.93. The molecule has 1 fully saturated rings. The van der Waals surface area contributed by atoms with E-state index < -0.39 is 0 Å². The largest absolute Gasteiger partial charge is 0.382 e. The van der Waals surface area contributed by atoms with Gasteiger partial charge in [-0.1, -0.05) is 15.9 Å². The van der Waals surface area contributed by atoms with Gasteiger partial charge in [0.05, 0.1) is 0 Å². The molecule has 0 aliphatic heterocycles. The lowest BCUT2D eigenvalue weighted by molar-refractivity contribution is 0.694. The summed E-state index contributed by atoms with van der Waals surface area (Å²) in [5.74, 6) is 0.897. The maximum absolute atomic E-state index is 3.56. The lowest BCUT2D eigenvalue weighted by atomic mass is 10.2. The van der Waals surface area contributed by atoms with E-state index in [-0.39, 0.29) is 0 Å². The first-order chi connectivity index (χ1) is 6.65. The van der Waals surface area contributed by atoms with Crippen LogP contribution in [0.2, 0.25) is 0 Å². The van der Waals surface area contributed by atoms with E-state index in [2.05, 4.69) is 53.3 Å². The molecule has 1 saturated carbocycles. The second-order valence-electron chi connectivity index (χ2n) is 4.29. The lowest BCUT2D eigenvalue weighted by Gasteiger charge is -2.15. The average molecular weight is 254 g/mol. The SMILES string of the molecule is Cc1cc(Br)cc(NC(C)C2CC2)c1. The van der Waals surface area contributed by atoms with Gasteiger partial charge in [-0.05, 0) is 56.4 Å². The van der Waals surface area contributed by atoms with E-state index in [4.69, 9.17) is 0 Å². The number of benzene rings is 1. The van der Waals surface area contributed by atoms with Gasteiger partial charge in [0.15, 0.2) is 0 Å². The molecule has 1 aromatic rings. The Labute approximate surface area is 94.0 Å². The summed E-state index contributed by atoms with van der Waals surface area (Å²) in [6.07, 6.45) is 2.78. The Morgan fingerprint density at radius 1 is 1.36 bits per heavy atom. The average Bonchev–Trinajstić information content (AvgIpc) is 2.82. The summed E-state index contributed by atoms with van der Waals surface area (Å²) < 4.78 is 1.16. The molecule has 1 N–H and O–H groups in total. The highest BCUT2D eigenvalue weighted by atomic mass is 79.9. The molecule has 0 bridgehead atoms. The van der Waals surface area contributed by atoms with Gasteiger partial charge in [0.25, 0.3) is 0 Å². The highest BCUT2D eigenvalue weighted by Gasteiger charge is 2.27. The fourth-order valence-corrected chi connectivity index (χ4v) is 2.40. The summed E-state index contributed by atoms with van der Waals surface area (Å²) >= 11 is 3.52. The van der Waals surface area contributed by atoms with E-state index in [0.29, 0.717) is 6.04 Å². The minimum absolute atomic E-state index is 0.615. The number of hydrogen-bond acceptors (Lipinski definition) is 1. The van der Waals surface area contributed by atoms with Gasteiger partial charge in [-0.15, -0.1) is 0 Å². The standard InChI is InChI=1S/C12H16BrN/c1-8-5-11(13)7-12(6-8)14-9(2)10-3-4-10/h5-7,9-10,14H,3-4H2,1-2H3. The second-order valence-corrected chi connectivity index (χ2v) is 5.20. The molecule has 0 spiro atoms. The first-order valence-corrected chi connectivity index (χ1v) is 5.98. The maximum atomic E-state index is 3.56. The monoisotopic (exact) mass is 253 g/mol. The van der Waals surface area contributed by atoms with Gasteiger partial charge in [0.1, 0.15) is 0 Å². The van der Waals surface area contributed by atoms with Gasteiger partial charge in [-0.25, -0.2) is 0 Å². The van der Waals surface area contributed by atoms with Gasteiger partial charge in [0.2, 0.25) is 0 Å². The van der Waals surface area contributed by atoms with Gasteiger partial charge < -0.3 is 5.32 Å². The van der Waals surface area contributed by atoms with Crippen molar-refractivity contribution in [2.24, 2.45) is 5.92 Å². The minimum atomic E-state index is 0.615. The molecule has 0 amide bonds. The van der Waals surface area contributed by atoms with E-state index in [1.165, 1.54) is 24.1 Å². The van der Waals surface area contributed by atoms with Gasteiger partial charge in [-0.2, -0.15) is 0 Å². The quantitative estimate of drug-likeness (QED) is 0.860. The van der Waals surface area contributed by atoms with Crippen LogP contribution in [0.1, 0.15) is 25.3 Å². The van der Waals surface area contributed by atoms with Gasteiger partial charge in [-0.3, -0.25) is 0 Å². The zero-order valence-electron chi connectivity index (χ0n) is 8.68. The molecule has 2 heteroatoms. The third-order valence-electron chi connectivity index (χ3n) is 2.77. The third kappa shape index (κ3) is 2.50. The zero-order chi connectivity index (χ0) is 10.1. The van der Waals surface area contributed by atoms with Gasteiger partial charge in [0, 0.05) is 16.2 Å². The summed E-state index contributed by atoms with van der Waals surface area (Å²) in [5.41, 5.74) is 2.53. The molecule has 1 nitrogen and oxygen atoms in total. The van der Waals surface area contributed by atoms with Crippen LogP contribution in [0.4, 0.5) is 5.69 Å². The molecular weight excluding hydrogens is 238 g/mol. The third-order valence-corrected chi connectivity index (χ3v) is 3.22. The van der Waals surface area contributed by atoms with E-state index in [1.807, 2.05) is 0 Å². The summed E-state index contributed by atoms with van der Waals surface area (Å²) in [7, 11) is 0. The van der Waals surface area contributed by atoms with Crippen molar-refractivity contribution in [3.8, 4) is 0 Å². The van der Waals surface area contributed by atoms with E-state index in [0.717, 1.165) is 10.4 Å². The molecule has 1 atom stereocenters. The van der Waals surface area contributed by atoms with Crippen LogP contribution in [0, 0.1) is 12.8 Å². The molecular formula is C12H16BrN. The van der Waals surface area contributed by atoms with E-state index in [1.54, 1.807) is 0 Å². The van der Waals surface area contributed by atoms with Crippen molar-refractivity contribution in [2.45, 2.75) is 32.7 Å². The number of rotatable bonds is 3. The van der Waals surface area contributed by atoms with Gasteiger partial charge >= 0.3 is 0 Å². The molecule has 0 heterocycles. The van der Waals surface area contributed by atoms with Crippen molar-refractivity contribution >= 4 is 21.6 Å². The predicted octanol–water partition coefficient (Wildman–Crippen LogP) is 3.97. The van der Waals surface area contributed by atoms with Crippen LogP contribution in [0.5, 0.6) is 0 Å². The summed E-state index contributed by atoms with van der Waals surface area (Å²) in [6.45, 7) is 4.39. The van der Waals surface area contributed by atoms with Crippen molar-refractivity contribution in [1.82, 2.24) is 0 Å². The van der Waals surface area contributed by atoms with Crippen LogP contribution in [0.3, 0.4) is 0 Å². The van der Waals surface area contributed by atoms with Crippen molar-refractivity contribution < 1.29 is 0 Å². The van der Waals surface area contributed by atoms with Crippen molar-refractivity contribution in [1.29, 1.82) is 0 Å². The highest BCUT2D eigenvalue weighted by molar-refractivity contribution is 9.10. The minimum Gasteiger partial charge on any atom is -0.382 e. The Hall–Kier alpha value is -0.500. The van der Waals surface area contributed by atoms with Crippen LogP contribution in [-0.4, -0.2) is 6.04 Å². The Balaban J connectivity index is 2.07. The van der Waals surface area contributed by atoms with E-state index >= 15 is 0 Å². The highest BCUT2D eigenvalue weighted by Crippen LogP contribution is 2.34. The molecule has 0 aromatic heterocycles. The smallest absolute Gasteiger partial charge is 0.0356 e. The number of nitrogens with one attached hydrogen (secondary N) is 1. The summed E-state index contributed by atoms with van der Waals surface area (Å²) in [5, 5.41) is 3.56. The maximum Gasteiger partial charge on any atom is 0.0356 e. The topological polar surface area (TPSA) is 12.0 Å². The fraction of sp³-hybridized carbons (Fsp3) is 0.500. The van der Waals surface area contributed by atoms with Crippen LogP contribution in [0.15, 0.2) is 22.7 Å². The molecule has 1 unspecified atom stereocenters. The Morgan fingerprint density at radius 2 is 2.07 bits per heavy atom. The molecule has 0 radical (unpaired) electrons. The Kier molecular flexibility index (Phi) is 2.82. The van der Waals surface area contributed by atoms with Crippen LogP contribution in [0.25, 0.3) is 0 Å². The molecule has 2 rings (SSSR count). The molecule has 14 heavy (non-hydrogen) atoms. The Bertz CT molecular complexity index is 311. The lowest BCUT2D eigenvalue weighted by Crippen LogP contribution is -2.17. The molecule has 76 valence electrons. The van der Waals surface area contributed by atoms with Crippen molar-refractivity contribution in [3.05, 3.63) is 28.2 Å². The molecule has 1 aliphatic rings. The van der Waals surface area contributed by atoms with Crippen LogP contribution < -0.4 is 5.32 Å². The van der Waals surface area contributed by atoms with E-state index in [9.17, 15) is 0 Å². The van der Waals surface area contributed by atoms with Crippen molar-refractivity contribution in [3.63, 3.8) is 0 Å². The number of hydrogen-bond donors (Lipinski definition) is 1. The number of aryl methyl sites for hydroxylation is 1. The van der Waals surface area contributed by atoms with Crippen molar-refractivity contribution in [2.75, 3.05) is 5.32 Å². The summed E-state index contributed by atoms with van der Waals surface area (Å²) in [6, 6.07) is 7.09. The fourth-order valence-electron chi connectivity index (χ4n) is 1.80. The molecule has 0 saturated heterocycles. The first kappa shape index (κ1) is 10.0. The molecule has 1 aromatic carbocycles. The zero-order valence-corrected chi connectivity index (χ0v) is 10.3. The first-order valence-electron chi connectivity index (χ1n) is 5.19. The number of halogens is 1. The molecule has 1 aliphatic carbocycles. The van der Waals surface area contributed by atoms with Crippen LogP contribution in [-0.2, 0) is 0 Å². The number of anilines is 1.